The summed E-state index contributed by atoms with van der Waals surface area (Å²) in [6, 6.07) is 7.62. The van der Waals surface area contributed by atoms with E-state index in [1.807, 2.05) is 31.2 Å². The fourth-order valence-electron chi connectivity index (χ4n) is 2.91. The first-order valence-electron chi connectivity index (χ1n) is 8.76. The summed E-state index contributed by atoms with van der Waals surface area (Å²) in [5, 5.41) is 5.22. The number of likely N-dealkylation sites (N-methyl/N-ethyl adjacent to an activating group) is 1. The summed E-state index contributed by atoms with van der Waals surface area (Å²) in [6.07, 6.45) is 0.989. The molecular weight excluding hydrogens is 384 g/mol. The van der Waals surface area contributed by atoms with Crippen molar-refractivity contribution in [1.82, 2.24) is 19.8 Å². The number of piperazine rings is 1. The summed E-state index contributed by atoms with van der Waals surface area (Å²) in [7, 11) is -2.19. The molecule has 3 amide bonds. The normalized spacial score (nSPS) is 20.7. The van der Waals surface area contributed by atoms with Crippen LogP contribution in [0.1, 0.15) is 18.1 Å². The predicted octanol–water partition coefficient (Wildman–Crippen LogP) is -0.780. The van der Waals surface area contributed by atoms with Gasteiger partial charge in [0.1, 0.15) is 5.54 Å². The number of carbonyl (C=O) groups is 3. The number of hydrogen-bond acceptors (Lipinski definition) is 5. The van der Waals surface area contributed by atoms with Crippen molar-refractivity contribution in [3.05, 3.63) is 35.4 Å². The average Bonchev–Trinajstić information content (AvgIpc) is 2.62. The molecule has 1 saturated heterocycles. The Balaban J connectivity index is 1.97. The zero-order valence-electron chi connectivity index (χ0n) is 16.5. The molecule has 0 aromatic heterocycles. The Morgan fingerprint density at radius 3 is 2.46 bits per heavy atom. The van der Waals surface area contributed by atoms with Crippen LogP contribution in [0.3, 0.4) is 0 Å². The highest BCUT2D eigenvalue weighted by atomic mass is 32.2. The predicted molar refractivity (Wildman–Crippen MR) is 104 cm³/mol. The maximum absolute atomic E-state index is 12.7. The van der Waals surface area contributed by atoms with Gasteiger partial charge in [-0.2, -0.15) is 4.31 Å². The van der Waals surface area contributed by atoms with E-state index in [1.54, 1.807) is 0 Å². The Bertz CT molecular complexity index is 886. The van der Waals surface area contributed by atoms with Crippen LogP contribution in [0, 0.1) is 6.92 Å². The highest BCUT2D eigenvalue weighted by Crippen LogP contribution is 2.22. The third-order valence-corrected chi connectivity index (χ3v) is 6.21. The molecule has 0 aliphatic carbocycles. The number of amides is 3. The number of aryl methyl sites for hydroxylation is 1. The minimum atomic E-state index is -3.63. The zero-order chi connectivity index (χ0) is 21.1. The van der Waals surface area contributed by atoms with Crippen molar-refractivity contribution in [2.75, 3.05) is 32.9 Å². The van der Waals surface area contributed by atoms with E-state index in [0.29, 0.717) is 6.54 Å². The molecule has 1 fully saturated rings. The van der Waals surface area contributed by atoms with Crippen molar-refractivity contribution < 1.29 is 22.8 Å². The van der Waals surface area contributed by atoms with Crippen LogP contribution in [-0.2, 0) is 31.0 Å². The highest BCUT2D eigenvalue weighted by Gasteiger charge is 2.47. The Labute approximate surface area is 165 Å². The molecule has 1 atom stereocenters. The second-order valence-corrected chi connectivity index (χ2v) is 9.13. The van der Waals surface area contributed by atoms with Gasteiger partial charge in [-0.05, 0) is 25.0 Å². The SMILES string of the molecule is Cc1ccccc1CNC(=O)CNC(=O)[C@]1(C)CN(S(C)(=O)=O)CC(=O)N1C. The Hall–Kier alpha value is -2.46. The summed E-state index contributed by atoms with van der Waals surface area (Å²) < 4.78 is 24.6. The second-order valence-electron chi connectivity index (χ2n) is 7.14. The summed E-state index contributed by atoms with van der Waals surface area (Å²) >= 11 is 0. The van der Waals surface area contributed by atoms with E-state index in [0.717, 1.165) is 21.7 Å². The molecule has 0 saturated carbocycles. The van der Waals surface area contributed by atoms with Gasteiger partial charge in [0.15, 0.2) is 0 Å². The maximum atomic E-state index is 12.7. The number of benzene rings is 1. The van der Waals surface area contributed by atoms with Crippen LogP contribution in [0.25, 0.3) is 0 Å². The number of hydrogen-bond donors (Lipinski definition) is 2. The first-order valence-corrected chi connectivity index (χ1v) is 10.6. The first-order chi connectivity index (χ1) is 12.9. The first kappa shape index (κ1) is 21.8. The van der Waals surface area contributed by atoms with Gasteiger partial charge in [0.25, 0.3) is 0 Å². The van der Waals surface area contributed by atoms with Crippen LogP contribution in [-0.4, -0.2) is 73.8 Å². The standard InChI is InChI=1S/C18H26N4O5S/c1-13-7-5-6-8-14(13)9-19-15(23)10-20-17(25)18(2)12-22(28(4,26)27)11-16(24)21(18)3/h5-8H,9-12H2,1-4H3,(H,19,23)(H,20,25)/t18-/m0/s1. The minimum absolute atomic E-state index is 0.176. The fourth-order valence-corrected chi connectivity index (χ4v) is 3.74. The summed E-state index contributed by atoms with van der Waals surface area (Å²) in [6.45, 7) is 2.98. The number of rotatable bonds is 6. The fraction of sp³-hybridized carbons (Fsp3) is 0.500. The van der Waals surface area contributed by atoms with Crippen molar-refractivity contribution in [2.45, 2.75) is 25.9 Å². The number of carbonyl (C=O) groups excluding carboxylic acids is 3. The molecular formula is C18H26N4O5S. The lowest BCUT2D eigenvalue weighted by atomic mass is 9.96. The third kappa shape index (κ3) is 4.87. The molecule has 0 radical (unpaired) electrons. The maximum Gasteiger partial charge on any atom is 0.247 e. The molecule has 28 heavy (non-hydrogen) atoms. The minimum Gasteiger partial charge on any atom is -0.350 e. The van der Waals surface area contributed by atoms with Crippen LogP contribution in [0.15, 0.2) is 24.3 Å². The Morgan fingerprint density at radius 1 is 1.21 bits per heavy atom. The molecule has 154 valence electrons. The van der Waals surface area contributed by atoms with E-state index in [4.69, 9.17) is 0 Å². The van der Waals surface area contributed by atoms with Gasteiger partial charge < -0.3 is 15.5 Å². The number of nitrogens with one attached hydrogen (secondary N) is 2. The Morgan fingerprint density at radius 2 is 1.86 bits per heavy atom. The molecule has 1 aliphatic rings. The van der Waals surface area contributed by atoms with E-state index >= 15 is 0 Å². The molecule has 1 heterocycles. The second kappa shape index (κ2) is 8.27. The van der Waals surface area contributed by atoms with Crippen molar-refractivity contribution >= 4 is 27.7 Å². The number of nitrogens with zero attached hydrogens (tertiary/aromatic N) is 2. The van der Waals surface area contributed by atoms with Crippen LogP contribution in [0.5, 0.6) is 0 Å². The van der Waals surface area contributed by atoms with Gasteiger partial charge in [-0.15, -0.1) is 0 Å². The molecule has 0 bridgehead atoms. The molecule has 0 spiro atoms. The summed E-state index contributed by atoms with van der Waals surface area (Å²) in [5.41, 5.74) is 0.604. The van der Waals surface area contributed by atoms with Crippen LogP contribution >= 0.6 is 0 Å². The monoisotopic (exact) mass is 410 g/mol. The average molecular weight is 410 g/mol. The van der Waals surface area contributed by atoms with E-state index < -0.39 is 27.4 Å². The van der Waals surface area contributed by atoms with E-state index in [-0.39, 0.29) is 25.5 Å². The van der Waals surface area contributed by atoms with Gasteiger partial charge in [0, 0.05) is 20.1 Å². The lowest BCUT2D eigenvalue weighted by Crippen LogP contribution is -2.68. The largest absolute Gasteiger partial charge is 0.350 e. The van der Waals surface area contributed by atoms with Crippen LogP contribution < -0.4 is 10.6 Å². The van der Waals surface area contributed by atoms with Gasteiger partial charge in [-0.25, -0.2) is 8.42 Å². The van der Waals surface area contributed by atoms with E-state index in [9.17, 15) is 22.8 Å². The van der Waals surface area contributed by atoms with E-state index in [2.05, 4.69) is 10.6 Å². The molecule has 2 N–H and O–H groups in total. The van der Waals surface area contributed by atoms with Crippen LogP contribution in [0.4, 0.5) is 0 Å². The lowest BCUT2D eigenvalue weighted by Gasteiger charge is -2.44. The molecule has 9 nitrogen and oxygen atoms in total. The molecule has 10 heteroatoms. The molecule has 2 rings (SSSR count). The van der Waals surface area contributed by atoms with Crippen molar-refractivity contribution in [2.24, 2.45) is 0 Å². The smallest absolute Gasteiger partial charge is 0.247 e. The van der Waals surface area contributed by atoms with Gasteiger partial charge in [0.05, 0.1) is 19.3 Å². The zero-order valence-corrected chi connectivity index (χ0v) is 17.3. The topological polar surface area (TPSA) is 116 Å². The molecule has 0 unspecified atom stereocenters. The molecule has 1 aliphatic heterocycles. The van der Waals surface area contributed by atoms with Gasteiger partial charge in [-0.3, -0.25) is 14.4 Å². The van der Waals surface area contributed by atoms with Gasteiger partial charge in [-0.1, -0.05) is 24.3 Å². The lowest BCUT2D eigenvalue weighted by molar-refractivity contribution is -0.150. The van der Waals surface area contributed by atoms with E-state index in [1.165, 1.54) is 18.9 Å². The molecule has 1 aromatic carbocycles. The Kier molecular flexibility index (Phi) is 6.45. The van der Waals surface area contributed by atoms with Crippen molar-refractivity contribution in [1.29, 1.82) is 0 Å². The summed E-state index contributed by atoms with van der Waals surface area (Å²) in [5.74, 6) is -1.47. The highest BCUT2D eigenvalue weighted by molar-refractivity contribution is 7.88. The number of sulfonamides is 1. The van der Waals surface area contributed by atoms with Crippen LogP contribution in [0.2, 0.25) is 0 Å². The third-order valence-electron chi connectivity index (χ3n) is 5.02. The van der Waals surface area contributed by atoms with Crippen molar-refractivity contribution in [3.63, 3.8) is 0 Å². The van der Waals surface area contributed by atoms with Gasteiger partial charge in [0.2, 0.25) is 27.7 Å². The summed E-state index contributed by atoms with van der Waals surface area (Å²) in [4.78, 5) is 38.1. The quantitative estimate of drug-likeness (QED) is 0.638. The molecule has 1 aromatic rings. The van der Waals surface area contributed by atoms with Gasteiger partial charge >= 0.3 is 0 Å². The van der Waals surface area contributed by atoms with Crippen molar-refractivity contribution in [3.8, 4) is 0 Å².